The second-order valence-corrected chi connectivity index (χ2v) is 8.99. The zero-order valence-corrected chi connectivity index (χ0v) is 21.3. The number of fused-ring (bicyclic) bond motifs is 3. The van der Waals surface area contributed by atoms with Crippen molar-refractivity contribution in [2.75, 3.05) is 20.8 Å². The van der Waals surface area contributed by atoms with Gasteiger partial charge in [0.15, 0.2) is 5.41 Å². The topological polar surface area (TPSA) is 106 Å². The minimum Gasteiger partial charge on any atom is -0.469 e. The van der Waals surface area contributed by atoms with Gasteiger partial charge in [-0.3, -0.25) is 9.59 Å². The first-order valence-corrected chi connectivity index (χ1v) is 12.0. The van der Waals surface area contributed by atoms with Crippen molar-refractivity contribution in [2.24, 2.45) is 5.41 Å². The fourth-order valence-corrected chi connectivity index (χ4v) is 5.42. The number of benzene rings is 2. The molecular weight excluding hydrogens is 496 g/mol. The van der Waals surface area contributed by atoms with Crippen molar-refractivity contribution < 1.29 is 28.6 Å². The molecule has 8 nitrogen and oxygen atoms in total. The molecule has 0 saturated carbocycles. The standard InChI is InChI=1S/C28H25ClN2O6/c1-4-37-27(34)28(16-30)24(18-9-7-10-19(29)14-18)23(26(33)36-3)21(15-22(32)35-2)31-13-12-17-8-5-6-11-20(17)25(28)31/h5-14,24-25H,4,15H2,1-3H3/t24-,25-,28+/m0/s1. The van der Waals surface area contributed by atoms with Gasteiger partial charge in [-0.2, -0.15) is 5.26 Å². The van der Waals surface area contributed by atoms with Crippen LogP contribution >= 0.6 is 11.6 Å². The molecule has 0 aliphatic carbocycles. The number of hydrogen-bond acceptors (Lipinski definition) is 8. The summed E-state index contributed by atoms with van der Waals surface area (Å²) in [7, 11) is 2.45. The van der Waals surface area contributed by atoms with E-state index in [1.54, 1.807) is 54.4 Å². The van der Waals surface area contributed by atoms with Gasteiger partial charge >= 0.3 is 17.9 Å². The van der Waals surface area contributed by atoms with Crippen LogP contribution in [0.5, 0.6) is 0 Å². The molecule has 0 unspecified atom stereocenters. The highest BCUT2D eigenvalue weighted by Crippen LogP contribution is 2.60. The Morgan fingerprint density at radius 2 is 1.86 bits per heavy atom. The monoisotopic (exact) mass is 520 g/mol. The SMILES string of the molecule is CCOC(=O)[C@]1(C#N)[C@@H](c2cccc(Cl)c2)C(C(=O)OC)=C(CC(=O)OC)N2C=Cc3ccccc3[C@H]21. The van der Waals surface area contributed by atoms with Gasteiger partial charge in [0, 0.05) is 22.8 Å². The lowest BCUT2D eigenvalue weighted by atomic mass is 9.59. The molecule has 0 amide bonds. The molecule has 190 valence electrons. The summed E-state index contributed by atoms with van der Waals surface area (Å²) in [6, 6.07) is 15.2. The number of carbonyl (C=O) groups excluding carboxylic acids is 3. The van der Waals surface area contributed by atoms with E-state index in [0.29, 0.717) is 16.1 Å². The van der Waals surface area contributed by atoms with Gasteiger partial charge in [0.05, 0.1) is 44.9 Å². The lowest BCUT2D eigenvalue weighted by Gasteiger charge is -2.51. The fraction of sp³-hybridized carbons (Fsp3) is 0.286. The van der Waals surface area contributed by atoms with E-state index in [1.807, 2.05) is 18.2 Å². The van der Waals surface area contributed by atoms with Crippen LogP contribution in [0, 0.1) is 16.7 Å². The van der Waals surface area contributed by atoms with Gasteiger partial charge in [0.1, 0.15) is 0 Å². The molecule has 0 saturated heterocycles. The van der Waals surface area contributed by atoms with Crippen molar-refractivity contribution in [1.82, 2.24) is 4.90 Å². The quantitative estimate of drug-likeness (QED) is 0.404. The molecule has 0 radical (unpaired) electrons. The second kappa shape index (κ2) is 10.5. The number of rotatable bonds is 6. The summed E-state index contributed by atoms with van der Waals surface area (Å²) >= 11 is 6.34. The maximum atomic E-state index is 13.9. The summed E-state index contributed by atoms with van der Waals surface area (Å²) in [5.41, 5.74) is 0.163. The van der Waals surface area contributed by atoms with E-state index in [1.165, 1.54) is 14.2 Å². The lowest BCUT2D eigenvalue weighted by Crippen LogP contribution is -2.54. The van der Waals surface area contributed by atoms with Crippen molar-refractivity contribution in [1.29, 1.82) is 5.26 Å². The summed E-state index contributed by atoms with van der Waals surface area (Å²) in [6.07, 6.45) is 3.16. The van der Waals surface area contributed by atoms with Crippen LogP contribution in [0.3, 0.4) is 0 Å². The van der Waals surface area contributed by atoms with Gasteiger partial charge in [0.2, 0.25) is 0 Å². The third-order valence-electron chi connectivity index (χ3n) is 6.71. The lowest BCUT2D eigenvalue weighted by molar-refractivity contribution is -0.157. The highest BCUT2D eigenvalue weighted by Gasteiger charge is 2.63. The Morgan fingerprint density at radius 3 is 2.51 bits per heavy atom. The molecule has 0 bridgehead atoms. The van der Waals surface area contributed by atoms with Crippen molar-refractivity contribution in [3.8, 4) is 6.07 Å². The molecule has 2 aliphatic rings. The van der Waals surface area contributed by atoms with Gasteiger partial charge in [-0.05, 0) is 41.8 Å². The van der Waals surface area contributed by atoms with Crippen molar-refractivity contribution in [3.63, 3.8) is 0 Å². The molecule has 9 heteroatoms. The predicted molar refractivity (Wildman–Crippen MR) is 135 cm³/mol. The zero-order valence-electron chi connectivity index (χ0n) is 20.6. The number of esters is 3. The maximum Gasteiger partial charge on any atom is 0.336 e. The van der Waals surface area contributed by atoms with Gasteiger partial charge in [0.25, 0.3) is 0 Å². The van der Waals surface area contributed by atoms with Crippen LogP contribution < -0.4 is 0 Å². The third-order valence-corrected chi connectivity index (χ3v) is 6.94. The summed E-state index contributed by atoms with van der Waals surface area (Å²) in [5.74, 6) is -3.38. The Labute approximate surface area is 219 Å². The van der Waals surface area contributed by atoms with Gasteiger partial charge in [-0.25, -0.2) is 4.79 Å². The molecule has 2 aromatic carbocycles. The van der Waals surface area contributed by atoms with E-state index in [9.17, 15) is 19.6 Å². The highest BCUT2D eigenvalue weighted by atomic mass is 35.5. The summed E-state index contributed by atoms with van der Waals surface area (Å²) in [5, 5.41) is 11.2. The van der Waals surface area contributed by atoms with E-state index >= 15 is 0 Å². The molecule has 37 heavy (non-hydrogen) atoms. The van der Waals surface area contributed by atoms with Crippen molar-refractivity contribution in [2.45, 2.75) is 25.3 Å². The van der Waals surface area contributed by atoms with Gasteiger partial charge in [-0.1, -0.05) is 48.0 Å². The summed E-state index contributed by atoms with van der Waals surface area (Å²) in [4.78, 5) is 41.6. The summed E-state index contributed by atoms with van der Waals surface area (Å²) < 4.78 is 15.6. The molecule has 0 aromatic heterocycles. The molecule has 2 aliphatic heterocycles. The minimum atomic E-state index is -1.95. The van der Waals surface area contributed by atoms with Crippen LogP contribution in [-0.4, -0.2) is 43.6 Å². The Bertz CT molecular complexity index is 1360. The fourth-order valence-electron chi connectivity index (χ4n) is 5.22. The Kier molecular flexibility index (Phi) is 7.37. The van der Waals surface area contributed by atoms with Crippen LogP contribution in [0.4, 0.5) is 0 Å². The van der Waals surface area contributed by atoms with Gasteiger partial charge in [-0.15, -0.1) is 0 Å². The van der Waals surface area contributed by atoms with Crippen molar-refractivity contribution in [3.05, 3.63) is 87.7 Å². The number of nitrogens with zero attached hydrogens (tertiary/aromatic N) is 2. The Balaban J connectivity index is 2.18. The van der Waals surface area contributed by atoms with Crippen molar-refractivity contribution >= 4 is 35.6 Å². The molecule has 0 spiro atoms. The number of carbonyl (C=O) groups is 3. The first-order chi connectivity index (χ1) is 17.8. The number of halogens is 1. The predicted octanol–water partition coefficient (Wildman–Crippen LogP) is 4.53. The van der Waals surface area contributed by atoms with E-state index in [2.05, 4.69) is 6.07 Å². The second-order valence-electron chi connectivity index (χ2n) is 8.55. The third kappa shape index (κ3) is 4.25. The van der Waals surface area contributed by atoms with E-state index in [0.717, 1.165) is 5.56 Å². The average Bonchev–Trinajstić information content (AvgIpc) is 2.92. The minimum absolute atomic E-state index is 0.0149. The number of hydrogen-bond donors (Lipinski definition) is 0. The molecule has 0 fully saturated rings. The molecule has 0 N–H and O–H groups in total. The van der Waals surface area contributed by atoms with Crippen LogP contribution in [0.1, 0.15) is 42.0 Å². The average molecular weight is 521 g/mol. The van der Waals surface area contributed by atoms with Crippen LogP contribution in [0.25, 0.3) is 6.08 Å². The highest BCUT2D eigenvalue weighted by molar-refractivity contribution is 6.30. The Morgan fingerprint density at radius 1 is 1.11 bits per heavy atom. The van der Waals surface area contributed by atoms with E-state index < -0.39 is 35.3 Å². The van der Waals surface area contributed by atoms with E-state index in [-0.39, 0.29) is 24.3 Å². The molecule has 2 heterocycles. The smallest absolute Gasteiger partial charge is 0.336 e. The first-order valence-electron chi connectivity index (χ1n) is 11.6. The number of ether oxygens (including phenoxy) is 3. The maximum absolute atomic E-state index is 13.9. The normalized spacial score (nSPS) is 21.9. The van der Waals surface area contributed by atoms with Gasteiger partial charge < -0.3 is 19.1 Å². The summed E-state index contributed by atoms with van der Waals surface area (Å²) in [6.45, 7) is 1.66. The van der Waals surface area contributed by atoms with Crippen LogP contribution in [-0.2, 0) is 28.6 Å². The molecular formula is C28H25ClN2O6. The van der Waals surface area contributed by atoms with Crippen LogP contribution in [0.15, 0.2) is 66.0 Å². The molecule has 2 aromatic rings. The van der Waals surface area contributed by atoms with Crippen LogP contribution in [0.2, 0.25) is 5.02 Å². The Hall–Kier alpha value is -4.09. The zero-order chi connectivity index (χ0) is 26.7. The van der Waals surface area contributed by atoms with E-state index in [4.69, 9.17) is 25.8 Å². The number of methoxy groups -OCH3 is 2. The molecule has 4 rings (SSSR count). The first kappa shape index (κ1) is 26.0. The largest absolute Gasteiger partial charge is 0.469 e. The number of nitriles is 1. The molecule has 3 atom stereocenters.